The van der Waals surface area contributed by atoms with Gasteiger partial charge in [0.05, 0.1) is 17.9 Å². The van der Waals surface area contributed by atoms with Gasteiger partial charge in [-0.2, -0.15) is 0 Å². The largest absolute Gasteiger partial charge is 0.493 e. The lowest BCUT2D eigenvalue weighted by atomic mass is 9.84. The standard InChI is InChI=1S/C30H33ClN2O4/c31-23-8-6-22(7-9-23)30(35)12-16-33(17-13-30)15-2-5-25-26-4-1-14-32-28(26)21-37-29-11-10-24(20-27(25)29)36-19-3-18-34/h1,4-11,14,20,34-35H,2-3,12-13,15-19,21H2/b25-5+. The Labute approximate surface area is 223 Å². The number of hydrogen-bond acceptors (Lipinski definition) is 6. The van der Waals surface area contributed by atoms with Gasteiger partial charge in [0.1, 0.15) is 18.1 Å². The van der Waals surface area contributed by atoms with E-state index in [9.17, 15) is 5.11 Å². The van der Waals surface area contributed by atoms with Crippen LogP contribution in [0.25, 0.3) is 5.57 Å². The SMILES string of the molecule is OCCCOc1ccc2c(c1)/C(=C/CCN1CCC(O)(c3ccc(Cl)cc3)CC1)c1cccnc1CO2. The highest BCUT2D eigenvalue weighted by atomic mass is 35.5. The molecule has 0 radical (unpaired) electrons. The van der Waals surface area contributed by atoms with Gasteiger partial charge >= 0.3 is 0 Å². The van der Waals surface area contributed by atoms with Gasteiger partial charge in [-0.05, 0) is 66.8 Å². The lowest BCUT2D eigenvalue weighted by Crippen LogP contribution is -2.42. The Balaban J connectivity index is 1.31. The van der Waals surface area contributed by atoms with Crippen LogP contribution in [0.3, 0.4) is 0 Å². The smallest absolute Gasteiger partial charge is 0.131 e. The summed E-state index contributed by atoms with van der Waals surface area (Å²) < 4.78 is 12.0. The van der Waals surface area contributed by atoms with Crippen LogP contribution in [0, 0.1) is 0 Å². The summed E-state index contributed by atoms with van der Waals surface area (Å²) in [4.78, 5) is 6.98. The van der Waals surface area contributed by atoms with Crippen molar-refractivity contribution in [3.8, 4) is 11.5 Å². The number of piperidine rings is 1. The number of halogens is 1. The van der Waals surface area contributed by atoms with Crippen LogP contribution in [-0.2, 0) is 12.2 Å². The Kier molecular flexibility index (Phi) is 8.11. The number of aliphatic hydroxyl groups excluding tert-OH is 1. The lowest BCUT2D eigenvalue weighted by molar-refractivity contribution is -0.0254. The van der Waals surface area contributed by atoms with E-state index in [1.807, 2.05) is 48.5 Å². The molecule has 7 heteroatoms. The molecule has 1 aromatic heterocycles. The first-order valence-corrected chi connectivity index (χ1v) is 13.3. The van der Waals surface area contributed by atoms with Crippen LogP contribution in [0.2, 0.25) is 5.02 Å². The molecular weight excluding hydrogens is 488 g/mol. The molecule has 194 valence electrons. The highest BCUT2D eigenvalue weighted by Gasteiger charge is 2.33. The highest BCUT2D eigenvalue weighted by Crippen LogP contribution is 2.39. The predicted molar refractivity (Wildman–Crippen MR) is 145 cm³/mol. The van der Waals surface area contributed by atoms with E-state index in [1.165, 1.54) is 0 Å². The number of nitrogens with zero attached hydrogens (tertiary/aromatic N) is 2. The molecule has 5 rings (SSSR count). The molecule has 2 aliphatic rings. The third-order valence-electron chi connectivity index (χ3n) is 7.22. The van der Waals surface area contributed by atoms with Crippen LogP contribution < -0.4 is 9.47 Å². The average Bonchev–Trinajstić information content (AvgIpc) is 3.07. The van der Waals surface area contributed by atoms with Gasteiger partial charge in [-0.3, -0.25) is 4.98 Å². The Hall–Kier alpha value is -2.90. The summed E-state index contributed by atoms with van der Waals surface area (Å²) in [6.45, 7) is 3.56. The molecule has 0 unspecified atom stereocenters. The fourth-order valence-electron chi connectivity index (χ4n) is 5.09. The first-order chi connectivity index (χ1) is 18.1. The zero-order valence-electron chi connectivity index (χ0n) is 20.9. The van der Waals surface area contributed by atoms with Gasteiger partial charge in [-0.1, -0.05) is 35.9 Å². The van der Waals surface area contributed by atoms with Crippen LogP contribution in [0.15, 0.2) is 66.9 Å². The van der Waals surface area contributed by atoms with Crippen LogP contribution in [-0.4, -0.2) is 52.9 Å². The first-order valence-electron chi connectivity index (χ1n) is 12.9. The summed E-state index contributed by atoms with van der Waals surface area (Å²) in [5, 5.41) is 21.0. The quantitative estimate of drug-likeness (QED) is 0.398. The number of likely N-dealkylation sites (tertiary alicyclic amines) is 1. The number of hydrogen-bond donors (Lipinski definition) is 2. The summed E-state index contributed by atoms with van der Waals surface area (Å²) in [7, 11) is 0. The molecule has 2 aromatic carbocycles. The van der Waals surface area contributed by atoms with Crippen molar-refractivity contribution in [1.82, 2.24) is 9.88 Å². The lowest BCUT2D eigenvalue weighted by Gasteiger charge is -2.38. The summed E-state index contributed by atoms with van der Waals surface area (Å²) in [6.07, 6.45) is 6.91. The van der Waals surface area contributed by atoms with E-state index in [0.717, 1.165) is 65.5 Å². The molecule has 0 amide bonds. The molecule has 3 aromatic rings. The van der Waals surface area contributed by atoms with E-state index in [4.69, 9.17) is 26.2 Å². The van der Waals surface area contributed by atoms with E-state index in [-0.39, 0.29) is 6.61 Å². The minimum Gasteiger partial charge on any atom is -0.493 e. The van der Waals surface area contributed by atoms with Gasteiger partial charge < -0.3 is 24.6 Å². The molecule has 3 heterocycles. The Morgan fingerprint density at radius 1 is 1.08 bits per heavy atom. The van der Waals surface area contributed by atoms with E-state index < -0.39 is 5.60 Å². The monoisotopic (exact) mass is 520 g/mol. The third kappa shape index (κ3) is 5.99. The normalized spacial score (nSPS) is 18.0. The summed E-state index contributed by atoms with van der Waals surface area (Å²) in [5.74, 6) is 1.57. The number of aromatic nitrogens is 1. The minimum absolute atomic E-state index is 0.103. The molecule has 37 heavy (non-hydrogen) atoms. The van der Waals surface area contributed by atoms with Gasteiger partial charge in [0.15, 0.2) is 0 Å². The average molecular weight is 521 g/mol. The number of ether oxygens (including phenoxy) is 2. The number of aliphatic hydroxyl groups is 2. The van der Waals surface area contributed by atoms with Crippen molar-refractivity contribution in [3.63, 3.8) is 0 Å². The van der Waals surface area contributed by atoms with Crippen molar-refractivity contribution >= 4 is 17.2 Å². The van der Waals surface area contributed by atoms with Crippen LogP contribution in [0.4, 0.5) is 0 Å². The second-order valence-corrected chi connectivity index (χ2v) is 10.1. The molecule has 0 atom stereocenters. The first kappa shape index (κ1) is 25.7. The van der Waals surface area contributed by atoms with Crippen LogP contribution >= 0.6 is 11.6 Å². The Morgan fingerprint density at radius 3 is 2.68 bits per heavy atom. The van der Waals surface area contributed by atoms with Gasteiger partial charge in [0, 0.05) is 55.0 Å². The van der Waals surface area contributed by atoms with E-state index >= 15 is 0 Å². The highest BCUT2D eigenvalue weighted by molar-refractivity contribution is 6.30. The number of fused-ring (bicyclic) bond motifs is 2. The molecular formula is C30H33ClN2O4. The van der Waals surface area contributed by atoms with Crippen molar-refractivity contribution in [2.75, 3.05) is 32.8 Å². The van der Waals surface area contributed by atoms with Crippen molar-refractivity contribution in [2.45, 2.75) is 37.9 Å². The summed E-state index contributed by atoms with van der Waals surface area (Å²) in [5.41, 5.74) is 4.22. The van der Waals surface area contributed by atoms with Gasteiger partial charge in [-0.25, -0.2) is 0 Å². The fourth-order valence-corrected chi connectivity index (χ4v) is 5.21. The van der Waals surface area contributed by atoms with Crippen molar-refractivity contribution in [3.05, 3.63) is 94.3 Å². The zero-order chi connectivity index (χ0) is 25.7. The number of benzene rings is 2. The summed E-state index contributed by atoms with van der Waals surface area (Å²) in [6, 6.07) is 17.5. The number of pyridine rings is 1. The molecule has 1 fully saturated rings. The maximum atomic E-state index is 11.2. The molecule has 2 aliphatic heterocycles. The molecule has 0 aliphatic carbocycles. The molecule has 0 saturated carbocycles. The van der Waals surface area contributed by atoms with E-state index in [1.54, 1.807) is 6.20 Å². The second kappa shape index (κ2) is 11.7. The molecule has 0 bridgehead atoms. The number of rotatable bonds is 8. The van der Waals surface area contributed by atoms with E-state index in [0.29, 0.717) is 37.5 Å². The van der Waals surface area contributed by atoms with Crippen LogP contribution in [0.1, 0.15) is 48.1 Å². The zero-order valence-corrected chi connectivity index (χ0v) is 21.7. The maximum absolute atomic E-state index is 11.2. The van der Waals surface area contributed by atoms with Crippen molar-refractivity contribution in [2.24, 2.45) is 0 Å². The van der Waals surface area contributed by atoms with Gasteiger partial charge in [0.2, 0.25) is 0 Å². The second-order valence-electron chi connectivity index (χ2n) is 9.66. The maximum Gasteiger partial charge on any atom is 0.131 e. The van der Waals surface area contributed by atoms with Gasteiger partial charge in [0.25, 0.3) is 0 Å². The fraction of sp³-hybridized carbons (Fsp3) is 0.367. The van der Waals surface area contributed by atoms with Crippen molar-refractivity contribution < 1.29 is 19.7 Å². The molecule has 1 saturated heterocycles. The Bertz CT molecular complexity index is 1240. The predicted octanol–water partition coefficient (Wildman–Crippen LogP) is 5.19. The van der Waals surface area contributed by atoms with Crippen molar-refractivity contribution in [1.29, 1.82) is 0 Å². The molecule has 0 spiro atoms. The molecule has 2 N–H and O–H groups in total. The third-order valence-corrected chi connectivity index (χ3v) is 7.47. The minimum atomic E-state index is -0.797. The molecule has 6 nitrogen and oxygen atoms in total. The topological polar surface area (TPSA) is 75.1 Å². The van der Waals surface area contributed by atoms with Crippen LogP contribution in [0.5, 0.6) is 11.5 Å². The summed E-state index contributed by atoms with van der Waals surface area (Å²) >= 11 is 6.03. The van der Waals surface area contributed by atoms with Gasteiger partial charge in [-0.15, -0.1) is 0 Å². The van der Waals surface area contributed by atoms with E-state index in [2.05, 4.69) is 22.0 Å². The Morgan fingerprint density at radius 2 is 1.89 bits per heavy atom.